The molecule has 22 heavy (non-hydrogen) atoms. The molecule has 0 unspecified atom stereocenters. The van der Waals surface area contributed by atoms with E-state index in [2.05, 4.69) is 15.0 Å². The van der Waals surface area contributed by atoms with Gasteiger partial charge in [0, 0.05) is 5.02 Å². The first-order chi connectivity index (χ1) is 10.4. The number of hydrogen-bond donors (Lipinski definition) is 1. The molecule has 0 atom stereocenters. The number of nitrogens with one attached hydrogen (secondary N) is 1. The first kappa shape index (κ1) is 14.4. The Morgan fingerprint density at radius 1 is 1.18 bits per heavy atom. The quantitative estimate of drug-likeness (QED) is 0.694. The maximum atomic E-state index is 14.2. The van der Waals surface area contributed by atoms with E-state index < -0.39 is 16.9 Å². The molecule has 0 aliphatic carbocycles. The van der Waals surface area contributed by atoms with E-state index in [1.807, 2.05) is 0 Å². The van der Waals surface area contributed by atoms with E-state index in [1.54, 1.807) is 13.8 Å². The Balaban J connectivity index is 2.51. The van der Waals surface area contributed by atoms with Gasteiger partial charge in [-0.05, 0) is 32.0 Å². The Hall–Kier alpha value is -2.54. The molecule has 0 saturated carbocycles. The molecule has 3 rings (SSSR count). The summed E-state index contributed by atoms with van der Waals surface area (Å²) >= 11 is 5.72. The van der Waals surface area contributed by atoms with Crippen LogP contribution in [0.5, 0.6) is 0 Å². The molecule has 0 bridgehead atoms. The van der Waals surface area contributed by atoms with E-state index >= 15 is 0 Å². The molecule has 8 heteroatoms. The van der Waals surface area contributed by atoms with E-state index in [4.69, 9.17) is 11.6 Å². The lowest BCUT2D eigenvalue weighted by molar-refractivity contribution is 0.617. The van der Waals surface area contributed by atoms with Gasteiger partial charge in [-0.15, -0.1) is 0 Å². The molecular formula is C14H10ClFN4O2. The van der Waals surface area contributed by atoms with Crippen molar-refractivity contribution >= 4 is 22.9 Å². The average Bonchev–Trinajstić information content (AvgIpc) is 2.44. The fourth-order valence-electron chi connectivity index (χ4n) is 2.08. The number of H-pyrrole nitrogens is 1. The minimum atomic E-state index is -0.939. The van der Waals surface area contributed by atoms with Gasteiger partial charge in [0.15, 0.2) is 11.3 Å². The van der Waals surface area contributed by atoms with Crippen LogP contribution in [0.3, 0.4) is 0 Å². The molecular weight excluding hydrogens is 311 g/mol. The number of halogens is 2. The van der Waals surface area contributed by atoms with Gasteiger partial charge in [0.2, 0.25) is 0 Å². The highest BCUT2D eigenvalue weighted by Crippen LogP contribution is 2.19. The lowest BCUT2D eigenvalue weighted by Gasteiger charge is -2.11. The summed E-state index contributed by atoms with van der Waals surface area (Å²) in [5, 5.41) is 0.182. The summed E-state index contributed by atoms with van der Waals surface area (Å²) in [6, 6.07) is 3.80. The van der Waals surface area contributed by atoms with Gasteiger partial charge in [-0.1, -0.05) is 11.6 Å². The van der Waals surface area contributed by atoms with Crippen molar-refractivity contribution < 1.29 is 4.39 Å². The van der Waals surface area contributed by atoms with Crippen LogP contribution < -0.4 is 11.1 Å². The van der Waals surface area contributed by atoms with Crippen molar-refractivity contribution in [3.8, 4) is 5.69 Å². The van der Waals surface area contributed by atoms with Crippen LogP contribution in [0.4, 0.5) is 4.39 Å². The zero-order valence-corrected chi connectivity index (χ0v) is 12.4. The summed E-state index contributed by atoms with van der Waals surface area (Å²) in [4.78, 5) is 34.8. The lowest BCUT2D eigenvalue weighted by Crippen LogP contribution is -2.36. The van der Waals surface area contributed by atoms with E-state index in [9.17, 15) is 14.0 Å². The summed E-state index contributed by atoms with van der Waals surface area (Å²) < 4.78 is 15.1. The van der Waals surface area contributed by atoms with Crippen molar-refractivity contribution in [1.82, 2.24) is 19.5 Å². The molecule has 0 radical (unpaired) electrons. The molecule has 0 amide bonds. The van der Waals surface area contributed by atoms with Crippen LogP contribution in [0.2, 0.25) is 5.02 Å². The van der Waals surface area contributed by atoms with Gasteiger partial charge in [0.05, 0.1) is 17.1 Å². The lowest BCUT2D eigenvalue weighted by atomic mass is 10.3. The summed E-state index contributed by atoms with van der Waals surface area (Å²) in [6.45, 7) is 3.43. The molecule has 112 valence electrons. The smallest absolute Gasteiger partial charge is 0.299 e. The monoisotopic (exact) mass is 320 g/mol. The maximum Gasteiger partial charge on any atom is 0.322 e. The molecule has 0 aliphatic heterocycles. The Morgan fingerprint density at radius 3 is 2.55 bits per heavy atom. The minimum absolute atomic E-state index is 0.0777. The molecule has 1 N–H and O–H groups in total. The van der Waals surface area contributed by atoms with Gasteiger partial charge in [0.25, 0.3) is 0 Å². The largest absolute Gasteiger partial charge is 0.322 e. The van der Waals surface area contributed by atoms with Gasteiger partial charge >= 0.3 is 11.1 Å². The third-order valence-corrected chi connectivity index (χ3v) is 3.52. The third-order valence-electron chi connectivity index (χ3n) is 3.28. The number of rotatable bonds is 1. The summed E-state index contributed by atoms with van der Waals surface area (Å²) in [5.41, 5.74) is -0.586. The zero-order valence-electron chi connectivity index (χ0n) is 11.6. The van der Waals surface area contributed by atoms with E-state index in [-0.39, 0.29) is 22.0 Å². The number of hydrogen-bond acceptors (Lipinski definition) is 4. The molecule has 2 aromatic heterocycles. The molecule has 1 aromatic carbocycles. The number of benzene rings is 1. The molecule has 0 saturated heterocycles. The fourth-order valence-corrected chi connectivity index (χ4v) is 2.23. The second kappa shape index (κ2) is 5.03. The van der Waals surface area contributed by atoms with Crippen LogP contribution in [0, 0.1) is 19.7 Å². The van der Waals surface area contributed by atoms with E-state index in [0.717, 1.165) is 10.6 Å². The molecule has 6 nitrogen and oxygen atoms in total. The van der Waals surface area contributed by atoms with E-state index in [1.165, 1.54) is 12.1 Å². The van der Waals surface area contributed by atoms with Crippen LogP contribution in [-0.2, 0) is 0 Å². The van der Waals surface area contributed by atoms with Crippen LogP contribution >= 0.6 is 11.6 Å². The standard InChI is InChI=1S/C14H10ClFN4O2/c1-6-7(2)18-12-11(17-6)19-13(21)14(22)20(12)10-4-3-8(15)5-9(10)16/h3-5H,1-2H3,(H,17,19,21). The molecule has 3 aromatic rings. The highest BCUT2D eigenvalue weighted by molar-refractivity contribution is 6.30. The Kier molecular flexibility index (Phi) is 3.29. The minimum Gasteiger partial charge on any atom is -0.299 e. The summed E-state index contributed by atoms with van der Waals surface area (Å²) in [7, 11) is 0. The predicted molar refractivity (Wildman–Crippen MR) is 80.2 cm³/mol. The molecule has 2 heterocycles. The second-order valence-corrected chi connectivity index (χ2v) is 5.19. The van der Waals surface area contributed by atoms with Crippen molar-refractivity contribution in [2.45, 2.75) is 13.8 Å². The average molecular weight is 321 g/mol. The number of nitrogens with zero attached hydrogens (tertiary/aromatic N) is 3. The van der Waals surface area contributed by atoms with Gasteiger partial charge < -0.3 is 0 Å². The van der Waals surface area contributed by atoms with Crippen LogP contribution in [0.1, 0.15) is 11.4 Å². The van der Waals surface area contributed by atoms with Crippen molar-refractivity contribution in [1.29, 1.82) is 0 Å². The van der Waals surface area contributed by atoms with Gasteiger partial charge in [-0.3, -0.25) is 19.1 Å². The highest BCUT2D eigenvalue weighted by Gasteiger charge is 2.16. The van der Waals surface area contributed by atoms with Gasteiger partial charge in [0.1, 0.15) is 5.82 Å². The maximum absolute atomic E-state index is 14.2. The van der Waals surface area contributed by atoms with Gasteiger partial charge in [-0.2, -0.15) is 0 Å². The first-order valence-corrected chi connectivity index (χ1v) is 6.72. The van der Waals surface area contributed by atoms with Crippen molar-refractivity contribution in [2.24, 2.45) is 0 Å². The first-order valence-electron chi connectivity index (χ1n) is 6.34. The third kappa shape index (κ3) is 2.19. The SMILES string of the molecule is Cc1nc2[nH]c(=O)c(=O)n(-c3ccc(Cl)cc3F)c2nc1C. The second-order valence-electron chi connectivity index (χ2n) is 4.76. The number of fused-ring (bicyclic) bond motifs is 1. The van der Waals surface area contributed by atoms with Crippen molar-refractivity contribution in [3.63, 3.8) is 0 Å². The Morgan fingerprint density at radius 2 is 1.86 bits per heavy atom. The molecule has 0 fully saturated rings. The molecule has 0 spiro atoms. The normalized spacial score (nSPS) is 11.1. The topological polar surface area (TPSA) is 80.6 Å². The van der Waals surface area contributed by atoms with Crippen LogP contribution in [0.25, 0.3) is 17.0 Å². The Bertz CT molecular complexity index is 1030. The van der Waals surface area contributed by atoms with Crippen molar-refractivity contribution in [3.05, 3.63) is 61.1 Å². The fraction of sp³-hybridized carbons (Fsp3) is 0.143. The predicted octanol–water partition coefficient (Wildman–Crippen LogP) is 1.88. The summed E-state index contributed by atoms with van der Waals surface area (Å²) in [6.07, 6.45) is 0. The number of aryl methyl sites for hydroxylation is 2. The highest BCUT2D eigenvalue weighted by atomic mass is 35.5. The van der Waals surface area contributed by atoms with E-state index in [0.29, 0.717) is 11.4 Å². The zero-order chi connectivity index (χ0) is 16.0. The van der Waals surface area contributed by atoms with Gasteiger partial charge in [-0.25, -0.2) is 14.4 Å². The Labute approximate surface area is 128 Å². The van der Waals surface area contributed by atoms with Crippen molar-refractivity contribution in [2.75, 3.05) is 0 Å². The van der Waals surface area contributed by atoms with Crippen LogP contribution in [0.15, 0.2) is 27.8 Å². The summed E-state index contributed by atoms with van der Waals surface area (Å²) in [5.74, 6) is -0.735. The number of aromatic amines is 1. The van der Waals surface area contributed by atoms with Crippen LogP contribution in [-0.4, -0.2) is 19.5 Å². The number of aromatic nitrogens is 4. The molecule has 0 aliphatic rings.